The Morgan fingerprint density at radius 3 is 2.38 bits per heavy atom. The Bertz CT molecular complexity index is 253. The topological polar surface area (TPSA) is 47.3 Å². The van der Waals surface area contributed by atoms with Gasteiger partial charge in [0.2, 0.25) is 0 Å². The Kier molecular flexibility index (Phi) is 4.20. The van der Waals surface area contributed by atoms with Gasteiger partial charge in [0.1, 0.15) is 0 Å². The molecule has 1 saturated heterocycles. The minimum atomic E-state index is -0.109. The molecule has 2 fully saturated rings. The highest BCUT2D eigenvalue weighted by atomic mass is 16.3. The van der Waals surface area contributed by atoms with Crippen LogP contribution in [0.3, 0.4) is 0 Å². The van der Waals surface area contributed by atoms with Crippen LogP contribution in [-0.4, -0.2) is 35.2 Å². The van der Waals surface area contributed by atoms with Gasteiger partial charge in [0.05, 0.1) is 18.1 Å². The Hall–Kier alpha value is -0.590. The van der Waals surface area contributed by atoms with Gasteiger partial charge in [-0.1, -0.05) is 19.3 Å². The molecular formula is C13H22N2O. The van der Waals surface area contributed by atoms with Crippen molar-refractivity contribution in [2.45, 2.75) is 57.1 Å². The standard InChI is InChI=1S/C13H22N2O/c14-10-11-4-2-1-3-5-13(11)15-8-6-12(16)7-9-15/h11-13,16H,1-9H2. The number of nitrogens with zero attached hydrogens (tertiary/aromatic N) is 2. The summed E-state index contributed by atoms with van der Waals surface area (Å²) >= 11 is 0. The summed E-state index contributed by atoms with van der Waals surface area (Å²) in [4.78, 5) is 2.45. The first-order valence-electron chi connectivity index (χ1n) is 6.63. The van der Waals surface area contributed by atoms with Crippen LogP contribution in [0.15, 0.2) is 0 Å². The Morgan fingerprint density at radius 2 is 1.69 bits per heavy atom. The zero-order chi connectivity index (χ0) is 11.4. The summed E-state index contributed by atoms with van der Waals surface area (Å²) in [5, 5.41) is 18.8. The summed E-state index contributed by atoms with van der Waals surface area (Å²) in [6.07, 6.45) is 7.67. The molecular weight excluding hydrogens is 200 g/mol. The highest BCUT2D eigenvalue weighted by Crippen LogP contribution is 2.28. The second-order valence-corrected chi connectivity index (χ2v) is 5.21. The van der Waals surface area contributed by atoms with Gasteiger partial charge in [0, 0.05) is 19.1 Å². The van der Waals surface area contributed by atoms with E-state index in [0.29, 0.717) is 6.04 Å². The van der Waals surface area contributed by atoms with E-state index in [1.165, 1.54) is 25.7 Å². The second kappa shape index (κ2) is 5.65. The van der Waals surface area contributed by atoms with E-state index in [2.05, 4.69) is 11.0 Å². The van der Waals surface area contributed by atoms with Crippen molar-refractivity contribution in [1.29, 1.82) is 5.26 Å². The van der Waals surface area contributed by atoms with Crippen LogP contribution in [0.25, 0.3) is 0 Å². The van der Waals surface area contributed by atoms with E-state index in [0.717, 1.165) is 32.4 Å². The molecule has 2 aliphatic rings. The molecule has 2 rings (SSSR count). The van der Waals surface area contributed by atoms with Gasteiger partial charge in [-0.2, -0.15) is 5.26 Å². The van der Waals surface area contributed by atoms with E-state index in [1.54, 1.807) is 0 Å². The van der Waals surface area contributed by atoms with Crippen LogP contribution in [0.4, 0.5) is 0 Å². The summed E-state index contributed by atoms with van der Waals surface area (Å²) in [6.45, 7) is 1.95. The van der Waals surface area contributed by atoms with Crippen LogP contribution >= 0.6 is 0 Å². The maximum Gasteiger partial charge on any atom is 0.0672 e. The number of nitriles is 1. The fraction of sp³-hybridized carbons (Fsp3) is 0.923. The molecule has 0 amide bonds. The highest BCUT2D eigenvalue weighted by molar-refractivity contribution is 4.95. The van der Waals surface area contributed by atoms with Crippen molar-refractivity contribution < 1.29 is 5.11 Å². The Balaban J connectivity index is 1.97. The lowest BCUT2D eigenvalue weighted by molar-refractivity contribution is 0.0484. The monoisotopic (exact) mass is 222 g/mol. The maximum atomic E-state index is 9.51. The number of piperidine rings is 1. The SMILES string of the molecule is N#CC1CCCCCC1N1CCC(O)CC1. The minimum absolute atomic E-state index is 0.109. The minimum Gasteiger partial charge on any atom is -0.393 e. The number of aliphatic hydroxyl groups is 1. The van der Waals surface area contributed by atoms with Gasteiger partial charge < -0.3 is 5.11 Å². The summed E-state index contributed by atoms with van der Waals surface area (Å²) in [7, 11) is 0. The first-order valence-corrected chi connectivity index (χ1v) is 6.63. The van der Waals surface area contributed by atoms with Gasteiger partial charge in [0.15, 0.2) is 0 Å². The van der Waals surface area contributed by atoms with Crippen LogP contribution in [0.2, 0.25) is 0 Å². The van der Waals surface area contributed by atoms with Crippen LogP contribution in [-0.2, 0) is 0 Å². The quantitative estimate of drug-likeness (QED) is 0.689. The lowest BCUT2D eigenvalue weighted by atomic mass is 9.92. The van der Waals surface area contributed by atoms with E-state index in [4.69, 9.17) is 0 Å². The highest BCUT2D eigenvalue weighted by Gasteiger charge is 2.30. The molecule has 0 spiro atoms. The third kappa shape index (κ3) is 2.75. The molecule has 0 aromatic rings. The number of rotatable bonds is 1. The van der Waals surface area contributed by atoms with Gasteiger partial charge in [-0.3, -0.25) is 4.90 Å². The fourth-order valence-corrected chi connectivity index (χ4v) is 3.09. The summed E-state index contributed by atoms with van der Waals surface area (Å²) in [5.41, 5.74) is 0. The fourth-order valence-electron chi connectivity index (χ4n) is 3.09. The summed E-state index contributed by atoms with van der Waals surface area (Å²) < 4.78 is 0. The van der Waals surface area contributed by atoms with Gasteiger partial charge in [-0.15, -0.1) is 0 Å². The van der Waals surface area contributed by atoms with E-state index in [1.807, 2.05) is 0 Å². The van der Waals surface area contributed by atoms with Gasteiger partial charge in [-0.05, 0) is 25.7 Å². The third-order valence-corrected chi connectivity index (χ3v) is 4.11. The Labute approximate surface area is 98.1 Å². The molecule has 2 unspecified atom stereocenters. The molecule has 0 aromatic heterocycles. The normalized spacial score (nSPS) is 34.2. The van der Waals surface area contributed by atoms with E-state index < -0.39 is 0 Å². The second-order valence-electron chi connectivity index (χ2n) is 5.21. The van der Waals surface area contributed by atoms with Crippen molar-refractivity contribution >= 4 is 0 Å². The average molecular weight is 222 g/mol. The molecule has 1 heterocycles. The number of aliphatic hydroxyl groups excluding tert-OH is 1. The lowest BCUT2D eigenvalue weighted by Gasteiger charge is -2.37. The van der Waals surface area contributed by atoms with Crippen LogP contribution in [0.1, 0.15) is 44.9 Å². The predicted molar refractivity (Wildman–Crippen MR) is 62.8 cm³/mol. The molecule has 16 heavy (non-hydrogen) atoms. The zero-order valence-corrected chi connectivity index (χ0v) is 9.94. The van der Waals surface area contributed by atoms with Gasteiger partial charge in [-0.25, -0.2) is 0 Å². The van der Waals surface area contributed by atoms with Crippen molar-refractivity contribution in [1.82, 2.24) is 4.90 Å². The predicted octanol–water partition coefficient (Wildman–Crippen LogP) is 1.92. The molecule has 0 radical (unpaired) electrons. The first-order chi connectivity index (χ1) is 7.81. The molecule has 1 aliphatic carbocycles. The lowest BCUT2D eigenvalue weighted by Crippen LogP contribution is -2.45. The number of hydrogen-bond donors (Lipinski definition) is 1. The van der Waals surface area contributed by atoms with Gasteiger partial charge in [0.25, 0.3) is 0 Å². The van der Waals surface area contributed by atoms with E-state index >= 15 is 0 Å². The summed E-state index contributed by atoms with van der Waals surface area (Å²) in [6, 6.07) is 2.96. The molecule has 90 valence electrons. The van der Waals surface area contributed by atoms with Crippen molar-refractivity contribution in [3.63, 3.8) is 0 Å². The van der Waals surface area contributed by atoms with Crippen molar-refractivity contribution in [3.8, 4) is 6.07 Å². The van der Waals surface area contributed by atoms with Crippen molar-refractivity contribution in [3.05, 3.63) is 0 Å². The molecule has 1 N–H and O–H groups in total. The third-order valence-electron chi connectivity index (χ3n) is 4.11. The van der Waals surface area contributed by atoms with E-state index in [9.17, 15) is 10.4 Å². The molecule has 3 nitrogen and oxygen atoms in total. The van der Waals surface area contributed by atoms with E-state index in [-0.39, 0.29) is 12.0 Å². The molecule has 2 atom stereocenters. The largest absolute Gasteiger partial charge is 0.393 e. The molecule has 1 saturated carbocycles. The van der Waals surface area contributed by atoms with Crippen molar-refractivity contribution in [2.75, 3.05) is 13.1 Å². The molecule has 1 aliphatic heterocycles. The molecule has 3 heteroatoms. The average Bonchev–Trinajstić information content (AvgIpc) is 2.55. The van der Waals surface area contributed by atoms with Crippen LogP contribution in [0, 0.1) is 17.2 Å². The Morgan fingerprint density at radius 1 is 1.00 bits per heavy atom. The zero-order valence-electron chi connectivity index (χ0n) is 9.94. The van der Waals surface area contributed by atoms with Crippen LogP contribution in [0.5, 0.6) is 0 Å². The number of hydrogen-bond acceptors (Lipinski definition) is 3. The first kappa shape index (κ1) is 11.9. The van der Waals surface area contributed by atoms with Gasteiger partial charge >= 0.3 is 0 Å². The summed E-state index contributed by atoms with van der Waals surface area (Å²) in [5.74, 6) is 0.220. The maximum absolute atomic E-state index is 9.51. The van der Waals surface area contributed by atoms with Crippen molar-refractivity contribution in [2.24, 2.45) is 5.92 Å². The van der Waals surface area contributed by atoms with Crippen LogP contribution < -0.4 is 0 Å². The number of likely N-dealkylation sites (tertiary alicyclic amines) is 1. The smallest absolute Gasteiger partial charge is 0.0672 e. The molecule has 0 aromatic carbocycles. The molecule has 0 bridgehead atoms.